The summed E-state index contributed by atoms with van der Waals surface area (Å²) < 4.78 is 30.4. The Kier molecular flexibility index (Phi) is 61.6. The lowest BCUT2D eigenvalue weighted by Crippen LogP contribution is -2.47. The maximum Gasteiger partial charge on any atom is 0.306 e. The molecule has 0 saturated carbocycles. The number of carbonyl (C=O) groups is 2. The predicted molar refractivity (Wildman–Crippen MR) is 367 cm³/mol. The third-order valence-electron chi connectivity index (χ3n) is 15.5. The number of nitrogens with one attached hydrogen (secondary N) is 1. The van der Waals surface area contributed by atoms with Crippen LogP contribution in [0.25, 0.3) is 0 Å². The van der Waals surface area contributed by atoms with E-state index >= 15 is 0 Å². The largest absolute Gasteiger partial charge is 0.756 e. The van der Waals surface area contributed by atoms with Gasteiger partial charge in [0.15, 0.2) is 0 Å². The number of carbonyl (C=O) groups excluding carboxylic acids is 2. The topological polar surface area (TPSA) is 114 Å². The fraction of sp³-hybridized carbons (Fsp3) is 0.760. The van der Waals surface area contributed by atoms with Crippen molar-refractivity contribution in [2.24, 2.45) is 0 Å². The van der Waals surface area contributed by atoms with Crippen LogP contribution in [0.4, 0.5) is 0 Å². The molecule has 9 nitrogen and oxygen atoms in total. The van der Waals surface area contributed by atoms with Crippen LogP contribution in [0.15, 0.2) is 97.2 Å². The molecule has 3 atom stereocenters. The number of nitrogens with zero attached hydrogens (tertiary/aromatic N) is 1. The molecule has 0 aromatic rings. The Morgan fingerprint density at radius 1 is 0.424 bits per heavy atom. The highest BCUT2D eigenvalue weighted by Gasteiger charge is 2.27. The number of esters is 1. The monoisotopic (exact) mass is 1210 g/mol. The van der Waals surface area contributed by atoms with Gasteiger partial charge in [-0.2, -0.15) is 0 Å². The second-order valence-electron chi connectivity index (χ2n) is 25.0. The molecule has 0 spiro atoms. The van der Waals surface area contributed by atoms with Crippen molar-refractivity contribution in [2.45, 2.75) is 328 Å². The van der Waals surface area contributed by atoms with Crippen molar-refractivity contribution < 1.29 is 37.3 Å². The van der Waals surface area contributed by atoms with Crippen LogP contribution in [0.1, 0.15) is 316 Å². The van der Waals surface area contributed by atoms with E-state index in [1.807, 2.05) is 39.4 Å². The van der Waals surface area contributed by atoms with Gasteiger partial charge in [-0.05, 0) is 96.0 Å². The number of allylic oxidation sites excluding steroid dienone is 15. The number of hydrogen-bond donors (Lipinski definition) is 1. The Bertz CT molecular complexity index is 1780. The zero-order valence-electron chi connectivity index (χ0n) is 56.3. The molecule has 10 heteroatoms. The zero-order chi connectivity index (χ0) is 62.1. The van der Waals surface area contributed by atoms with Crippen molar-refractivity contribution in [2.75, 3.05) is 40.9 Å². The van der Waals surface area contributed by atoms with Crippen molar-refractivity contribution >= 4 is 19.7 Å². The van der Waals surface area contributed by atoms with Gasteiger partial charge in [0.2, 0.25) is 5.91 Å². The lowest BCUT2D eigenvalue weighted by molar-refractivity contribution is -0.870. The van der Waals surface area contributed by atoms with Crippen LogP contribution in [-0.4, -0.2) is 69.4 Å². The summed E-state index contributed by atoms with van der Waals surface area (Å²) in [6, 6.07) is -0.924. The van der Waals surface area contributed by atoms with Gasteiger partial charge in [0.1, 0.15) is 19.3 Å². The summed E-state index contributed by atoms with van der Waals surface area (Å²) >= 11 is 0. The molecule has 0 aliphatic heterocycles. The molecule has 3 unspecified atom stereocenters. The molecule has 492 valence electrons. The van der Waals surface area contributed by atoms with Crippen LogP contribution in [0.5, 0.6) is 0 Å². The molecule has 1 N–H and O–H groups in total. The lowest BCUT2D eigenvalue weighted by Gasteiger charge is -2.30. The number of rotatable bonds is 64. The molecule has 0 rings (SSSR count). The fourth-order valence-electron chi connectivity index (χ4n) is 10.1. The van der Waals surface area contributed by atoms with E-state index in [4.69, 9.17) is 13.8 Å². The molecule has 0 aromatic carbocycles. The molecular formula is C75H135N2O7P. The number of unbranched alkanes of at least 4 members (excludes halogenated alkanes) is 34. The Hall–Kier alpha value is -3.07. The van der Waals surface area contributed by atoms with Crippen molar-refractivity contribution in [1.29, 1.82) is 0 Å². The van der Waals surface area contributed by atoms with Gasteiger partial charge in [0.25, 0.3) is 7.82 Å². The van der Waals surface area contributed by atoms with Crippen LogP contribution >= 0.6 is 7.82 Å². The first-order valence-corrected chi connectivity index (χ1v) is 37.0. The summed E-state index contributed by atoms with van der Waals surface area (Å²) in [5.74, 6) is -0.632. The van der Waals surface area contributed by atoms with Crippen molar-refractivity contribution in [3.8, 4) is 0 Å². The molecular weight excluding hydrogens is 1070 g/mol. The SMILES string of the molecule is CC/C=C\C/C=C\C/C=C\C/C=C\C/C=C\C/C=C\CCC(=O)OC(/C=C\CCCCCCCCCCCCC)C(COP(=O)([O-])OCC[N+](C)(C)C)NC(=O)CCCCCCCCCCCCCCCCCCC/C=C/CCCCCCCC. The van der Waals surface area contributed by atoms with Crippen LogP contribution in [0.3, 0.4) is 0 Å². The van der Waals surface area contributed by atoms with E-state index in [9.17, 15) is 19.0 Å². The van der Waals surface area contributed by atoms with Gasteiger partial charge in [-0.15, -0.1) is 0 Å². The second-order valence-corrected chi connectivity index (χ2v) is 26.4. The van der Waals surface area contributed by atoms with E-state index < -0.39 is 32.5 Å². The van der Waals surface area contributed by atoms with Gasteiger partial charge in [0, 0.05) is 12.8 Å². The van der Waals surface area contributed by atoms with E-state index in [1.165, 1.54) is 199 Å². The van der Waals surface area contributed by atoms with Gasteiger partial charge in [-0.1, -0.05) is 305 Å². The third-order valence-corrected chi connectivity index (χ3v) is 16.5. The Labute approximate surface area is 526 Å². The van der Waals surface area contributed by atoms with Crippen LogP contribution < -0.4 is 10.2 Å². The average molecular weight is 1210 g/mol. The van der Waals surface area contributed by atoms with E-state index in [0.717, 1.165) is 77.0 Å². The number of amides is 1. The van der Waals surface area contributed by atoms with Gasteiger partial charge in [-0.25, -0.2) is 0 Å². The van der Waals surface area contributed by atoms with Gasteiger partial charge < -0.3 is 28.5 Å². The van der Waals surface area contributed by atoms with Crippen molar-refractivity contribution in [1.82, 2.24) is 5.32 Å². The smallest absolute Gasteiger partial charge is 0.306 e. The quantitative estimate of drug-likeness (QED) is 0.0212. The normalized spacial score (nSPS) is 14.1. The molecule has 0 aromatic heterocycles. The number of quaternary nitrogens is 1. The summed E-state index contributed by atoms with van der Waals surface area (Å²) in [6.45, 7) is 6.71. The van der Waals surface area contributed by atoms with Crippen LogP contribution in [0, 0.1) is 0 Å². The summed E-state index contributed by atoms with van der Waals surface area (Å²) in [5, 5.41) is 3.02. The number of likely N-dealkylation sites (N-methyl/N-ethyl adjacent to an activating group) is 1. The number of ether oxygens (including phenoxy) is 1. The van der Waals surface area contributed by atoms with E-state index in [-0.39, 0.29) is 18.9 Å². The van der Waals surface area contributed by atoms with Crippen molar-refractivity contribution in [3.05, 3.63) is 97.2 Å². The highest BCUT2D eigenvalue weighted by Crippen LogP contribution is 2.38. The van der Waals surface area contributed by atoms with E-state index in [1.54, 1.807) is 0 Å². The average Bonchev–Trinajstić information content (AvgIpc) is 3.50. The lowest BCUT2D eigenvalue weighted by atomic mass is 10.0. The first-order chi connectivity index (χ1) is 41.4. The zero-order valence-corrected chi connectivity index (χ0v) is 57.2. The summed E-state index contributed by atoms with van der Waals surface area (Å²) in [6.07, 6.45) is 87.0. The number of phosphoric acid groups is 1. The summed E-state index contributed by atoms with van der Waals surface area (Å²) in [7, 11) is 1.15. The molecule has 0 bridgehead atoms. The molecule has 0 heterocycles. The Balaban J connectivity index is 5.14. The Morgan fingerprint density at radius 2 is 0.765 bits per heavy atom. The fourth-order valence-corrected chi connectivity index (χ4v) is 10.8. The van der Waals surface area contributed by atoms with E-state index in [0.29, 0.717) is 23.9 Å². The highest BCUT2D eigenvalue weighted by atomic mass is 31.2. The van der Waals surface area contributed by atoms with E-state index in [2.05, 4.69) is 105 Å². The van der Waals surface area contributed by atoms with Gasteiger partial charge in [-0.3, -0.25) is 14.2 Å². The maximum atomic E-state index is 13.6. The first kappa shape index (κ1) is 81.9. The third kappa shape index (κ3) is 65.2. The van der Waals surface area contributed by atoms with Gasteiger partial charge in [0.05, 0.1) is 33.8 Å². The molecule has 0 radical (unpaired) electrons. The second kappa shape index (κ2) is 63.9. The number of phosphoric ester groups is 1. The highest BCUT2D eigenvalue weighted by molar-refractivity contribution is 7.45. The predicted octanol–water partition coefficient (Wildman–Crippen LogP) is 22.0. The Morgan fingerprint density at radius 3 is 1.15 bits per heavy atom. The summed E-state index contributed by atoms with van der Waals surface area (Å²) in [5.41, 5.74) is 0. The standard InChI is InChI=1S/C75H135N2O7P/c1-7-10-13-16-19-22-25-28-30-32-34-35-36-37-38-39-40-41-43-44-46-49-52-55-58-61-64-67-74(78)76-72(71-83-85(80,81)82-70-69-77(4,5)6)73(66-63-60-57-54-51-48-27-24-21-18-15-12-9-3)84-75(79)68-65-62-59-56-53-50-47-45-42-33-31-29-26-23-20-17-14-11-8-2/h11,14,20,23,28-31,42,45,50,53,59,62-63,66,72-73H,7-10,12-13,15-19,21-22,24-27,32-41,43-44,46-49,51-52,54-58,60-61,64-65,67-71H2,1-6H3,(H-,76,78,80,81)/b14-11-,23-20-,30-28+,31-29-,45-42-,53-50-,62-59-,66-63-. The van der Waals surface area contributed by atoms with Crippen molar-refractivity contribution in [3.63, 3.8) is 0 Å². The molecule has 0 aliphatic rings. The minimum atomic E-state index is -4.72. The molecule has 0 fully saturated rings. The molecule has 1 amide bonds. The minimum Gasteiger partial charge on any atom is -0.756 e. The van der Waals surface area contributed by atoms with Gasteiger partial charge >= 0.3 is 5.97 Å². The maximum absolute atomic E-state index is 13.6. The number of hydrogen-bond acceptors (Lipinski definition) is 7. The van der Waals surface area contributed by atoms with Crippen LogP contribution in [0.2, 0.25) is 0 Å². The minimum absolute atomic E-state index is 0.0361. The molecule has 0 aliphatic carbocycles. The first-order valence-electron chi connectivity index (χ1n) is 35.5. The van der Waals surface area contributed by atoms with Crippen LogP contribution in [-0.2, 0) is 27.9 Å². The molecule has 85 heavy (non-hydrogen) atoms. The summed E-state index contributed by atoms with van der Waals surface area (Å²) in [4.78, 5) is 40.1. The molecule has 0 saturated heterocycles.